The summed E-state index contributed by atoms with van der Waals surface area (Å²) < 4.78 is 5.60. The molecule has 0 saturated heterocycles. The van der Waals surface area contributed by atoms with E-state index in [4.69, 9.17) is 4.74 Å². The molecule has 130 valence electrons. The first-order valence-electron chi connectivity index (χ1n) is 8.14. The van der Waals surface area contributed by atoms with Crippen LogP contribution in [0.4, 0.5) is 11.4 Å². The zero-order valence-electron chi connectivity index (χ0n) is 14.4. The number of carbonyl (C=O) groups excluding carboxylic acids is 2. The van der Waals surface area contributed by atoms with Crippen molar-refractivity contribution in [2.75, 3.05) is 17.2 Å². The minimum Gasteiger partial charge on any atom is -0.492 e. The molecule has 5 nitrogen and oxygen atoms in total. The van der Waals surface area contributed by atoms with Gasteiger partial charge in [0.25, 0.3) is 5.91 Å². The highest BCUT2D eigenvalue weighted by molar-refractivity contribution is 8.00. The number of nitrogens with one attached hydrogen (secondary N) is 2. The number of thioether (sulfide) groups is 1. The highest BCUT2D eigenvalue weighted by Gasteiger charge is 2.24. The van der Waals surface area contributed by atoms with Crippen molar-refractivity contribution < 1.29 is 14.3 Å². The van der Waals surface area contributed by atoms with E-state index in [1.807, 2.05) is 45.0 Å². The molecule has 0 fully saturated rings. The molecule has 2 N–H and O–H groups in total. The third-order valence-electron chi connectivity index (χ3n) is 3.86. The van der Waals surface area contributed by atoms with Gasteiger partial charge in [0.15, 0.2) is 0 Å². The third-order valence-corrected chi connectivity index (χ3v) is 5.04. The molecule has 0 aromatic heterocycles. The van der Waals surface area contributed by atoms with E-state index in [-0.39, 0.29) is 17.1 Å². The molecule has 1 heterocycles. The molecule has 2 aromatic rings. The second-order valence-electron chi connectivity index (χ2n) is 5.85. The number of ether oxygens (including phenoxy) is 1. The highest BCUT2D eigenvalue weighted by Crippen LogP contribution is 2.36. The van der Waals surface area contributed by atoms with Gasteiger partial charge in [0.2, 0.25) is 5.91 Å². The van der Waals surface area contributed by atoms with Crippen molar-refractivity contribution >= 4 is 35.0 Å². The van der Waals surface area contributed by atoms with Crippen LogP contribution in [0.25, 0.3) is 0 Å². The van der Waals surface area contributed by atoms with E-state index in [1.165, 1.54) is 11.8 Å². The van der Waals surface area contributed by atoms with Crippen LogP contribution in [-0.4, -0.2) is 23.7 Å². The second kappa shape index (κ2) is 7.19. The van der Waals surface area contributed by atoms with Gasteiger partial charge >= 0.3 is 0 Å². The van der Waals surface area contributed by atoms with E-state index in [0.717, 1.165) is 10.5 Å². The number of anilines is 2. The Kier molecular flexibility index (Phi) is 4.99. The molecule has 2 amide bonds. The molecule has 1 atom stereocenters. The molecule has 0 bridgehead atoms. The molecule has 1 aliphatic rings. The number of benzene rings is 2. The van der Waals surface area contributed by atoms with Crippen LogP contribution < -0.4 is 15.4 Å². The number of hydrogen-bond donors (Lipinski definition) is 2. The van der Waals surface area contributed by atoms with Gasteiger partial charge < -0.3 is 15.4 Å². The van der Waals surface area contributed by atoms with E-state index in [2.05, 4.69) is 10.6 Å². The zero-order chi connectivity index (χ0) is 18.0. The fourth-order valence-electron chi connectivity index (χ4n) is 2.55. The highest BCUT2D eigenvalue weighted by atomic mass is 32.2. The summed E-state index contributed by atoms with van der Waals surface area (Å²) in [5.74, 6) is 0.351. The molecule has 6 heteroatoms. The number of aryl methyl sites for hydroxylation is 1. The van der Waals surface area contributed by atoms with Gasteiger partial charge in [-0.2, -0.15) is 0 Å². The molecule has 1 unspecified atom stereocenters. The summed E-state index contributed by atoms with van der Waals surface area (Å²) in [5.41, 5.74) is 2.85. The van der Waals surface area contributed by atoms with E-state index >= 15 is 0 Å². The predicted molar refractivity (Wildman–Crippen MR) is 101 cm³/mol. The Morgan fingerprint density at radius 1 is 1.28 bits per heavy atom. The van der Waals surface area contributed by atoms with Crippen LogP contribution in [0.15, 0.2) is 41.3 Å². The Morgan fingerprint density at radius 2 is 2.08 bits per heavy atom. The van der Waals surface area contributed by atoms with Crippen LogP contribution in [-0.2, 0) is 4.79 Å². The molecular formula is C19H20N2O3S. The maximum atomic E-state index is 12.6. The van der Waals surface area contributed by atoms with Gasteiger partial charge in [-0.1, -0.05) is 6.07 Å². The van der Waals surface area contributed by atoms with Crippen LogP contribution in [0.2, 0.25) is 0 Å². The maximum absolute atomic E-state index is 12.6. The van der Waals surface area contributed by atoms with Gasteiger partial charge in [0.1, 0.15) is 5.75 Å². The third kappa shape index (κ3) is 3.79. The summed E-state index contributed by atoms with van der Waals surface area (Å²) in [6, 6.07) is 11.0. The van der Waals surface area contributed by atoms with Crippen LogP contribution in [0.1, 0.15) is 29.8 Å². The van der Waals surface area contributed by atoms with Crippen molar-refractivity contribution in [2.24, 2.45) is 0 Å². The summed E-state index contributed by atoms with van der Waals surface area (Å²) in [6.45, 7) is 6.25. The fraction of sp³-hybridized carbons (Fsp3) is 0.263. The van der Waals surface area contributed by atoms with Gasteiger partial charge in [0, 0.05) is 10.5 Å². The topological polar surface area (TPSA) is 67.4 Å². The first-order chi connectivity index (χ1) is 12.0. The lowest BCUT2D eigenvalue weighted by Crippen LogP contribution is -2.26. The number of rotatable bonds is 4. The van der Waals surface area contributed by atoms with Crippen molar-refractivity contribution in [3.63, 3.8) is 0 Å². The van der Waals surface area contributed by atoms with Crippen LogP contribution in [0.3, 0.4) is 0 Å². The van der Waals surface area contributed by atoms with Crippen LogP contribution in [0, 0.1) is 6.92 Å². The average Bonchev–Trinajstić information content (AvgIpc) is 2.58. The van der Waals surface area contributed by atoms with Crippen molar-refractivity contribution in [3.8, 4) is 5.75 Å². The molecular weight excluding hydrogens is 336 g/mol. The lowest BCUT2D eigenvalue weighted by molar-refractivity contribution is -0.115. The van der Waals surface area contributed by atoms with Crippen molar-refractivity contribution in [3.05, 3.63) is 47.5 Å². The van der Waals surface area contributed by atoms with Gasteiger partial charge in [-0.3, -0.25) is 9.59 Å². The Morgan fingerprint density at radius 3 is 2.84 bits per heavy atom. The Bertz CT molecular complexity index is 835. The van der Waals surface area contributed by atoms with Crippen molar-refractivity contribution in [1.82, 2.24) is 0 Å². The number of carbonyl (C=O) groups is 2. The molecule has 0 spiro atoms. The largest absolute Gasteiger partial charge is 0.492 e. The normalized spacial score (nSPS) is 16.0. The molecule has 0 saturated carbocycles. The Balaban J connectivity index is 1.83. The fourth-order valence-corrected chi connectivity index (χ4v) is 3.48. The molecule has 2 aromatic carbocycles. The monoisotopic (exact) mass is 356 g/mol. The minimum absolute atomic E-state index is 0.0489. The minimum atomic E-state index is -0.245. The molecule has 25 heavy (non-hydrogen) atoms. The molecule has 0 radical (unpaired) electrons. The van der Waals surface area contributed by atoms with E-state index in [0.29, 0.717) is 29.3 Å². The molecule has 3 rings (SSSR count). The standard InChI is InChI=1S/C19H20N2O3S/c1-4-24-16-9-11(2)5-7-14(16)20-19(23)13-6-8-17-15(10-13)21-18(22)12(3)25-17/h5-10,12H,4H2,1-3H3,(H,20,23)(H,21,22). The van der Waals surface area contributed by atoms with E-state index in [1.54, 1.807) is 12.1 Å². The lowest BCUT2D eigenvalue weighted by atomic mass is 10.1. The summed E-state index contributed by atoms with van der Waals surface area (Å²) in [6.07, 6.45) is 0. The SMILES string of the molecule is CCOc1cc(C)ccc1NC(=O)c1ccc2c(c1)NC(=O)C(C)S2. The maximum Gasteiger partial charge on any atom is 0.255 e. The van der Waals surface area contributed by atoms with E-state index in [9.17, 15) is 9.59 Å². The average molecular weight is 356 g/mol. The van der Waals surface area contributed by atoms with Crippen LogP contribution >= 0.6 is 11.8 Å². The molecule has 1 aliphatic heterocycles. The smallest absolute Gasteiger partial charge is 0.255 e. The van der Waals surface area contributed by atoms with Crippen LogP contribution in [0.5, 0.6) is 5.75 Å². The first-order valence-corrected chi connectivity index (χ1v) is 9.02. The van der Waals surface area contributed by atoms with E-state index < -0.39 is 0 Å². The summed E-state index contributed by atoms with van der Waals surface area (Å²) >= 11 is 1.49. The first kappa shape index (κ1) is 17.4. The van der Waals surface area contributed by atoms with Gasteiger partial charge in [-0.15, -0.1) is 11.8 Å². The zero-order valence-corrected chi connectivity index (χ0v) is 15.2. The number of fused-ring (bicyclic) bond motifs is 1. The van der Waals surface area contributed by atoms with Gasteiger partial charge in [-0.25, -0.2) is 0 Å². The van der Waals surface area contributed by atoms with Gasteiger partial charge in [0.05, 0.1) is 23.2 Å². The number of amides is 2. The van der Waals surface area contributed by atoms with Crippen molar-refractivity contribution in [1.29, 1.82) is 0 Å². The number of hydrogen-bond acceptors (Lipinski definition) is 4. The second-order valence-corrected chi connectivity index (χ2v) is 7.23. The summed E-state index contributed by atoms with van der Waals surface area (Å²) in [5, 5.41) is 5.59. The Hall–Kier alpha value is -2.47. The van der Waals surface area contributed by atoms with Crippen molar-refractivity contribution in [2.45, 2.75) is 30.9 Å². The quantitative estimate of drug-likeness (QED) is 0.866. The molecule has 0 aliphatic carbocycles. The summed E-state index contributed by atoms with van der Waals surface area (Å²) in [7, 11) is 0. The Labute approximate surface area is 151 Å². The predicted octanol–water partition coefficient (Wildman–Crippen LogP) is 4.08. The summed E-state index contributed by atoms with van der Waals surface area (Å²) in [4.78, 5) is 25.4. The van der Waals surface area contributed by atoms with Gasteiger partial charge in [-0.05, 0) is 56.7 Å². The lowest BCUT2D eigenvalue weighted by Gasteiger charge is -2.21.